The van der Waals surface area contributed by atoms with E-state index in [1.165, 1.54) is 6.42 Å². The normalized spacial score (nSPS) is 60.9. The van der Waals surface area contributed by atoms with Gasteiger partial charge in [0, 0.05) is 5.92 Å². The molecule has 1 aliphatic heterocycles. The molecule has 12 atom stereocenters. The first-order valence-electron chi connectivity index (χ1n) is 14.4. The third-order valence-corrected chi connectivity index (χ3v) is 13.8. The molecule has 4 N–H and O–H groups in total. The fourth-order valence-electron chi connectivity index (χ4n) is 12.1. The van der Waals surface area contributed by atoms with Crippen molar-refractivity contribution in [2.45, 2.75) is 142 Å². The monoisotopic (exact) mass is 490 g/mol. The summed E-state index contributed by atoms with van der Waals surface area (Å²) in [6.45, 7) is 15.0. The molecule has 6 rings (SSSR count). The van der Waals surface area contributed by atoms with E-state index in [4.69, 9.17) is 4.74 Å². The highest BCUT2D eigenvalue weighted by Gasteiger charge is 2.84. The molecule has 0 bridgehead atoms. The summed E-state index contributed by atoms with van der Waals surface area (Å²) < 4.78 is 6.66. The van der Waals surface area contributed by atoms with E-state index < -0.39 is 23.4 Å². The molecule has 5 aliphatic carbocycles. The van der Waals surface area contributed by atoms with Crippen LogP contribution in [0.5, 0.6) is 0 Å². The summed E-state index contributed by atoms with van der Waals surface area (Å²) in [7, 11) is 0. The van der Waals surface area contributed by atoms with Crippen LogP contribution in [0.2, 0.25) is 0 Å². The molecule has 5 saturated carbocycles. The lowest BCUT2D eigenvalue weighted by Crippen LogP contribution is -2.62. The molecule has 0 aromatic carbocycles. The molecule has 6 aliphatic rings. The summed E-state index contributed by atoms with van der Waals surface area (Å²) in [5.41, 5.74) is -1.35. The molecule has 0 aromatic heterocycles. The second-order valence-corrected chi connectivity index (χ2v) is 15.9. The van der Waals surface area contributed by atoms with Gasteiger partial charge in [0.2, 0.25) is 0 Å². The number of ether oxygens (including phenoxy) is 1. The Labute approximate surface area is 212 Å². The molecule has 5 nitrogen and oxygen atoms in total. The first-order chi connectivity index (χ1) is 16.0. The van der Waals surface area contributed by atoms with Crippen molar-refractivity contribution in [2.24, 2.45) is 44.8 Å². The summed E-state index contributed by atoms with van der Waals surface area (Å²) in [5, 5.41) is 45.0. The second kappa shape index (κ2) is 6.86. The summed E-state index contributed by atoms with van der Waals surface area (Å²) in [4.78, 5) is 0. The van der Waals surface area contributed by atoms with Gasteiger partial charge in [-0.2, -0.15) is 0 Å². The molecule has 5 heteroatoms. The quantitative estimate of drug-likeness (QED) is 0.460. The van der Waals surface area contributed by atoms with Gasteiger partial charge >= 0.3 is 0 Å². The largest absolute Gasteiger partial charge is 0.393 e. The maximum atomic E-state index is 11.7. The van der Waals surface area contributed by atoms with Crippen LogP contribution in [0, 0.1) is 44.8 Å². The Morgan fingerprint density at radius 3 is 2.09 bits per heavy atom. The lowest BCUT2D eigenvalue weighted by Gasteiger charge is -2.64. The zero-order valence-electron chi connectivity index (χ0n) is 23.1. The summed E-state index contributed by atoms with van der Waals surface area (Å²) in [6, 6.07) is 0. The Morgan fingerprint density at radius 2 is 1.46 bits per heavy atom. The average Bonchev–Trinajstić information content (AvgIpc) is 3.08. The fraction of sp³-hybridized carbons (Fsp3) is 1.00. The van der Waals surface area contributed by atoms with Crippen LogP contribution in [-0.4, -0.2) is 56.0 Å². The molecule has 1 heterocycles. The molecule has 35 heavy (non-hydrogen) atoms. The number of hydrogen-bond donors (Lipinski definition) is 4. The Bertz CT molecular complexity index is 911. The van der Waals surface area contributed by atoms with Crippen molar-refractivity contribution >= 4 is 0 Å². The number of aliphatic hydroxyl groups is 4. The molecule has 2 unspecified atom stereocenters. The van der Waals surface area contributed by atoms with Crippen molar-refractivity contribution in [3.63, 3.8) is 0 Å². The van der Waals surface area contributed by atoms with E-state index >= 15 is 0 Å². The highest BCUT2D eigenvalue weighted by Crippen LogP contribution is 2.89. The maximum absolute atomic E-state index is 11.7. The van der Waals surface area contributed by atoms with E-state index in [-0.39, 0.29) is 51.1 Å². The number of rotatable bonds is 2. The first kappa shape index (κ1) is 25.1. The van der Waals surface area contributed by atoms with Gasteiger partial charge in [-0.05, 0) is 117 Å². The van der Waals surface area contributed by atoms with Crippen LogP contribution in [0.3, 0.4) is 0 Å². The topological polar surface area (TPSA) is 90.2 Å². The molecule has 200 valence electrons. The number of hydrogen-bond acceptors (Lipinski definition) is 5. The maximum Gasteiger partial charge on any atom is 0.0865 e. The minimum absolute atomic E-state index is 0.0267. The lowest BCUT2D eigenvalue weighted by molar-refractivity contribution is -0.213. The van der Waals surface area contributed by atoms with Crippen molar-refractivity contribution in [3.8, 4) is 0 Å². The van der Waals surface area contributed by atoms with Crippen molar-refractivity contribution in [1.29, 1.82) is 0 Å². The second-order valence-electron chi connectivity index (χ2n) is 15.9. The lowest BCUT2D eigenvalue weighted by atomic mass is 9.41. The average molecular weight is 491 g/mol. The number of fused-ring (bicyclic) bond motifs is 2. The molecule has 1 saturated heterocycles. The van der Waals surface area contributed by atoms with Gasteiger partial charge in [0.15, 0.2) is 0 Å². The van der Waals surface area contributed by atoms with Crippen LogP contribution in [0.1, 0.15) is 106 Å². The summed E-state index contributed by atoms with van der Waals surface area (Å²) in [5.74, 6) is 0.577. The standard InChI is InChI=1S/C30H50O5/c1-24(2)20(33)8-11-30-16-29(30)13-12-26(5)23(28(7)10-9-21(35-28)25(3,4)34)18(32)15-27(26,6)19(29)14-17(31)22(24)30/h17-23,31-34H,8-16H2,1-7H3/t17-,18-,19-,20-,21-,22-,23?,26+,27-,28+,29?,30+/m0/s1. The van der Waals surface area contributed by atoms with Gasteiger partial charge in [0.25, 0.3) is 0 Å². The van der Waals surface area contributed by atoms with Gasteiger partial charge in [-0.25, -0.2) is 0 Å². The van der Waals surface area contributed by atoms with Crippen molar-refractivity contribution in [2.75, 3.05) is 0 Å². The first-order valence-corrected chi connectivity index (χ1v) is 14.4. The van der Waals surface area contributed by atoms with Crippen LogP contribution in [-0.2, 0) is 4.74 Å². The van der Waals surface area contributed by atoms with Crippen molar-refractivity contribution in [1.82, 2.24) is 0 Å². The third-order valence-electron chi connectivity index (χ3n) is 13.8. The Balaban J connectivity index is 1.37. The van der Waals surface area contributed by atoms with Gasteiger partial charge in [0.05, 0.1) is 35.6 Å². The zero-order chi connectivity index (χ0) is 25.6. The van der Waals surface area contributed by atoms with Gasteiger partial charge in [-0.15, -0.1) is 0 Å². The van der Waals surface area contributed by atoms with Crippen LogP contribution >= 0.6 is 0 Å². The zero-order valence-corrected chi connectivity index (χ0v) is 23.1. The van der Waals surface area contributed by atoms with Crippen LogP contribution in [0.15, 0.2) is 0 Å². The van der Waals surface area contributed by atoms with Crippen molar-refractivity contribution < 1.29 is 25.2 Å². The molecular weight excluding hydrogens is 440 g/mol. The smallest absolute Gasteiger partial charge is 0.0865 e. The van der Waals surface area contributed by atoms with Gasteiger partial charge in [-0.1, -0.05) is 27.7 Å². The molecule has 2 spiro atoms. The van der Waals surface area contributed by atoms with E-state index in [1.54, 1.807) is 0 Å². The molecule has 0 amide bonds. The van der Waals surface area contributed by atoms with E-state index in [0.717, 1.165) is 51.4 Å². The van der Waals surface area contributed by atoms with Gasteiger partial charge in [-0.3, -0.25) is 0 Å². The fourth-order valence-corrected chi connectivity index (χ4v) is 12.1. The van der Waals surface area contributed by atoms with Crippen LogP contribution in [0.4, 0.5) is 0 Å². The predicted octanol–water partition coefficient (Wildman–Crippen LogP) is 4.44. The molecule has 0 radical (unpaired) electrons. The minimum atomic E-state index is -0.886. The van der Waals surface area contributed by atoms with E-state index in [0.29, 0.717) is 5.92 Å². The Hall–Kier alpha value is -0.200. The highest BCUT2D eigenvalue weighted by atomic mass is 16.5. The van der Waals surface area contributed by atoms with Crippen LogP contribution < -0.4 is 0 Å². The molecular formula is C30H50O5. The van der Waals surface area contributed by atoms with E-state index in [9.17, 15) is 20.4 Å². The Morgan fingerprint density at radius 1 is 0.771 bits per heavy atom. The molecule has 0 aromatic rings. The molecule has 6 fully saturated rings. The SMILES string of the molecule is CC(C)(O)[C@@H]1CC[C@](C)(C2[C@@H](O)C[C@@]3(C)[C@@H]4C[C@H](O)[C@H]5C(C)(C)[C@@H](O)CC[C@@]56CC46CC[C@]23C)O1. The highest BCUT2D eigenvalue weighted by molar-refractivity contribution is 5.33. The minimum Gasteiger partial charge on any atom is -0.393 e. The Kier molecular flexibility index (Phi) is 4.92. The summed E-state index contributed by atoms with van der Waals surface area (Å²) >= 11 is 0. The third kappa shape index (κ3) is 2.78. The van der Waals surface area contributed by atoms with E-state index in [1.807, 2.05) is 13.8 Å². The van der Waals surface area contributed by atoms with Crippen LogP contribution in [0.25, 0.3) is 0 Å². The predicted molar refractivity (Wildman–Crippen MR) is 134 cm³/mol. The van der Waals surface area contributed by atoms with Crippen molar-refractivity contribution in [3.05, 3.63) is 0 Å². The van der Waals surface area contributed by atoms with Gasteiger partial charge in [0.1, 0.15) is 0 Å². The van der Waals surface area contributed by atoms with Gasteiger partial charge < -0.3 is 25.2 Å². The summed E-state index contributed by atoms with van der Waals surface area (Å²) in [6.07, 6.45) is 7.18. The number of aliphatic hydroxyl groups excluding tert-OH is 3. The van der Waals surface area contributed by atoms with E-state index in [2.05, 4.69) is 34.6 Å².